The quantitative estimate of drug-likeness (QED) is 0.769. The lowest BCUT2D eigenvalue weighted by Crippen LogP contribution is -2.31. The number of carbonyl (C=O) groups is 1. The first-order valence-electron chi connectivity index (χ1n) is 6.28. The maximum absolute atomic E-state index is 12.0. The molecule has 0 radical (unpaired) electrons. The van der Waals surface area contributed by atoms with Crippen LogP contribution in [-0.2, 0) is 14.9 Å². The molecule has 19 heavy (non-hydrogen) atoms. The van der Waals surface area contributed by atoms with E-state index in [0.717, 1.165) is 11.1 Å². The van der Waals surface area contributed by atoms with E-state index in [0.29, 0.717) is 18.1 Å². The number of hydrogen-bond acceptors (Lipinski definition) is 4. The standard InChI is InChI=1S/C15H22O4/c1-7-19-14(16)15(3,4)11-8-12(17-5)10(2)13(9-11)18-6/h8-9H,7H2,1-6H3. The van der Waals surface area contributed by atoms with E-state index in [4.69, 9.17) is 14.2 Å². The number of benzene rings is 1. The van der Waals surface area contributed by atoms with Gasteiger partial charge in [0, 0.05) is 5.56 Å². The van der Waals surface area contributed by atoms with Crippen molar-refractivity contribution in [3.05, 3.63) is 23.3 Å². The molecule has 0 spiro atoms. The molecule has 4 heteroatoms. The summed E-state index contributed by atoms with van der Waals surface area (Å²) in [4.78, 5) is 12.0. The molecule has 0 aliphatic rings. The number of esters is 1. The van der Waals surface area contributed by atoms with Gasteiger partial charge in [-0.05, 0) is 45.4 Å². The van der Waals surface area contributed by atoms with Gasteiger partial charge in [0.05, 0.1) is 26.2 Å². The lowest BCUT2D eigenvalue weighted by atomic mass is 9.84. The lowest BCUT2D eigenvalue weighted by Gasteiger charge is -2.24. The first kappa shape index (κ1) is 15.3. The second-order valence-corrected chi connectivity index (χ2v) is 4.85. The van der Waals surface area contributed by atoms with Crippen molar-refractivity contribution in [1.29, 1.82) is 0 Å². The van der Waals surface area contributed by atoms with Crippen molar-refractivity contribution >= 4 is 5.97 Å². The molecule has 0 aliphatic carbocycles. The fraction of sp³-hybridized carbons (Fsp3) is 0.533. The molecule has 0 N–H and O–H groups in total. The second kappa shape index (κ2) is 5.95. The van der Waals surface area contributed by atoms with Crippen molar-refractivity contribution in [3.63, 3.8) is 0 Å². The van der Waals surface area contributed by atoms with Crippen molar-refractivity contribution in [2.24, 2.45) is 0 Å². The van der Waals surface area contributed by atoms with Gasteiger partial charge in [0.2, 0.25) is 0 Å². The molecule has 0 bridgehead atoms. The summed E-state index contributed by atoms with van der Waals surface area (Å²) in [7, 11) is 3.20. The molecule has 1 aromatic carbocycles. The van der Waals surface area contributed by atoms with Gasteiger partial charge in [-0.3, -0.25) is 4.79 Å². The van der Waals surface area contributed by atoms with Gasteiger partial charge in [0.15, 0.2) is 0 Å². The minimum Gasteiger partial charge on any atom is -0.496 e. The summed E-state index contributed by atoms with van der Waals surface area (Å²) in [6.45, 7) is 7.73. The highest BCUT2D eigenvalue weighted by atomic mass is 16.5. The fourth-order valence-corrected chi connectivity index (χ4v) is 1.88. The average Bonchev–Trinajstić information content (AvgIpc) is 2.39. The Morgan fingerprint density at radius 1 is 1.16 bits per heavy atom. The van der Waals surface area contributed by atoms with Crippen LogP contribution in [0.4, 0.5) is 0 Å². The summed E-state index contributed by atoms with van der Waals surface area (Å²) in [6, 6.07) is 3.71. The number of methoxy groups -OCH3 is 2. The maximum atomic E-state index is 12.0. The largest absolute Gasteiger partial charge is 0.496 e. The minimum atomic E-state index is -0.746. The van der Waals surface area contributed by atoms with E-state index < -0.39 is 5.41 Å². The second-order valence-electron chi connectivity index (χ2n) is 4.85. The van der Waals surface area contributed by atoms with E-state index in [1.54, 1.807) is 21.1 Å². The van der Waals surface area contributed by atoms with E-state index in [1.165, 1.54) is 0 Å². The molecule has 106 valence electrons. The van der Waals surface area contributed by atoms with Crippen molar-refractivity contribution in [3.8, 4) is 11.5 Å². The molecule has 4 nitrogen and oxygen atoms in total. The van der Waals surface area contributed by atoms with Gasteiger partial charge in [0.1, 0.15) is 11.5 Å². The topological polar surface area (TPSA) is 44.8 Å². The van der Waals surface area contributed by atoms with Gasteiger partial charge in [-0.25, -0.2) is 0 Å². The van der Waals surface area contributed by atoms with E-state index in [1.807, 2.05) is 32.9 Å². The lowest BCUT2D eigenvalue weighted by molar-refractivity contribution is -0.148. The normalized spacial score (nSPS) is 11.1. The van der Waals surface area contributed by atoms with E-state index in [2.05, 4.69) is 0 Å². The summed E-state index contributed by atoms with van der Waals surface area (Å²) in [5.41, 5.74) is 0.975. The summed E-state index contributed by atoms with van der Waals surface area (Å²) in [5, 5.41) is 0. The molecule has 0 saturated carbocycles. The summed E-state index contributed by atoms with van der Waals surface area (Å²) in [6.07, 6.45) is 0. The smallest absolute Gasteiger partial charge is 0.315 e. The number of carbonyl (C=O) groups excluding carboxylic acids is 1. The van der Waals surface area contributed by atoms with Crippen LogP contribution < -0.4 is 9.47 Å². The van der Waals surface area contributed by atoms with Crippen LogP contribution in [0.5, 0.6) is 11.5 Å². The Morgan fingerprint density at radius 2 is 1.63 bits per heavy atom. The third-order valence-electron chi connectivity index (χ3n) is 3.26. The Hall–Kier alpha value is -1.71. The zero-order valence-corrected chi connectivity index (χ0v) is 12.5. The molecule has 0 heterocycles. The highest BCUT2D eigenvalue weighted by Crippen LogP contribution is 2.35. The van der Waals surface area contributed by atoms with E-state index >= 15 is 0 Å². The van der Waals surface area contributed by atoms with Gasteiger partial charge >= 0.3 is 5.97 Å². The predicted molar refractivity (Wildman–Crippen MR) is 73.9 cm³/mol. The van der Waals surface area contributed by atoms with Crippen LogP contribution in [-0.4, -0.2) is 26.8 Å². The molecule has 1 aromatic rings. The van der Waals surface area contributed by atoms with Crippen LogP contribution >= 0.6 is 0 Å². The van der Waals surface area contributed by atoms with Gasteiger partial charge in [-0.15, -0.1) is 0 Å². The van der Waals surface area contributed by atoms with Crippen molar-refractivity contribution < 1.29 is 19.0 Å². The third kappa shape index (κ3) is 3.00. The van der Waals surface area contributed by atoms with Crippen molar-refractivity contribution in [2.45, 2.75) is 33.1 Å². The zero-order chi connectivity index (χ0) is 14.6. The SMILES string of the molecule is CCOC(=O)C(C)(C)c1cc(OC)c(C)c(OC)c1. The number of ether oxygens (including phenoxy) is 3. The molecule has 0 atom stereocenters. The van der Waals surface area contributed by atoms with Gasteiger partial charge in [-0.1, -0.05) is 0 Å². The van der Waals surface area contributed by atoms with E-state index in [9.17, 15) is 4.79 Å². The monoisotopic (exact) mass is 266 g/mol. The Kier molecular flexibility index (Phi) is 4.81. The highest BCUT2D eigenvalue weighted by molar-refractivity contribution is 5.82. The molecular formula is C15H22O4. The first-order chi connectivity index (χ1) is 8.88. The molecule has 0 amide bonds. The third-order valence-corrected chi connectivity index (χ3v) is 3.26. The molecule has 0 saturated heterocycles. The van der Waals surface area contributed by atoms with Crippen LogP contribution in [0.3, 0.4) is 0 Å². The first-order valence-corrected chi connectivity index (χ1v) is 6.28. The van der Waals surface area contributed by atoms with Crippen molar-refractivity contribution in [1.82, 2.24) is 0 Å². The molecule has 1 rings (SSSR count). The molecular weight excluding hydrogens is 244 g/mol. The summed E-state index contributed by atoms with van der Waals surface area (Å²) in [5.74, 6) is 1.14. The minimum absolute atomic E-state index is 0.261. The maximum Gasteiger partial charge on any atom is 0.315 e. The molecule has 0 aliphatic heterocycles. The van der Waals surface area contributed by atoms with Gasteiger partial charge < -0.3 is 14.2 Å². The number of rotatable bonds is 5. The Morgan fingerprint density at radius 3 is 2.00 bits per heavy atom. The van der Waals surface area contributed by atoms with Crippen LogP contribution in [0.2, 0.25) is 0 Å². The average molecular weight is 266 g/mol. The van der Waals surface area contributed by atoms with Crippen LogP contribution in [0.1, 0.15) is 31.9 Å². The summed E-state index contributed by atoms with van der Waals surface area (Å²) < 4.78 is 15.8. The van der Waals surface area contributed by atoms with Gasteiger partial charge in [-0.2, -0.15) is 0 Å². The number of hydrogen-bond donors (Lipinski definition) is 0. The van der Waals surface area contributed by atoms with Crippen LogP contribution in [0.25, 0.3) is 0 Å². The van der Waals surface area contributed by atoms with Crippen molar-refractivity contribution in [2.75, 3.05) is 20.8 Å². The molecule has 0 aromatic heterocycles. The predicted octanol–water partition coefficient (Wildman–Crippen LogP) is 2.85. The van der Waals surface area contributed by atoms with Crippen LogP contribution in [0, 0.1) is 6.92 Å². The Labute approximate surface area is 114 Å². The molecule has 0 fully saturated rings. The Balaban J connectivity index is 3.30. The Bertz CT molecular complexity index is 438. The molecule has 0 unspecified atom stereocenters. The van der Waals surface area contributed by atoms with E-state index in [-0.39, 0.29) is 5.97 Å². The fourth-order valence-electron chi connectivity index (χ4n) is 1.88. The van der Waals surface area contributed by atoms with Gasteiger partial charge in [0.25, 0.3) is 0 Å². The zero-order valence-electron chi connectivity index (χ0n) is 12.5. The highest BCUT2D eigenvalue weighted by Gasteiger charge is 2.32. The van der Waals surface area contributed by atoms with Crippen LogP contribution in [0.15, 0.2) is 12.1 Å². The summed E-state index contributed by atoms with van der Waals surface area (Å²) >= 11 is 0.